The van der Waals surface area contributed by atoms with Crippen LogP contribution in [-0.4, -0.2) is 15.6 Å². The Bertz CT molecular complexity index is 245. The fraction of sp³-hybridized carbons (Fsp3) is 0.778. The van der Waals surface area contributed by atoms with Gasteiger partial charge in [0.15, 0.2) is 0 Å². The molecule has 3 nitrogen and oxygen atoms in total. The summed E-state index contributed by atoms with van der Waals surface area (Å²) in [6, 6.07) is 0.525. The monoisotopic (exact) mass is 199 g/mol. The predicted octanol–water partition coefficient (Wildman–Crippen LogP) is 1.99. The smallest absolute Gasteiger partial charge is 0.0800 e. The molecule has 0 aliphatic heterocycles. The largest absolute Gasteiger partial charge is 0.310 e. The zero-order valence-corrected chi connectivity index (χ0v) is 9.32. The van der Waals surface area contributed by atoms with Crippen molar-refractivity contribution in [3.63, 3.8) is 0 Å². The molecule has 0 aliphatic rings. The Hall–Kier alpha value is -0.480. The maximum Gasteiger partial charge on any atom is 0.0800 e. The van der Waals surface area contributed by atoms with Crippen molar-refractivity contribution in [1.29, 1.82) is 0 Å². The van der Waals surface area contributed by atoms with E-state index in [1.807, 2.05) is 0 Å². The summed E-state index contributed by atoms with van der Waals surface area (Å²) >= 11 is 1.51. The quantitative estimate of drug-likeness (QED) is 0.788. The summed E-state index contributed by atoms with van der Waals surface area (Å²) in [6.07, 6.45) is 2.19. The van der Waals surface area contributed by atoms with Crippen LogP contribution in [0, 0.1) is 0 Å². The minimum Gasteiger partial charge on any atom is -0.310 e. The number of hydrogen-bond acceptors (Lipinski definition) is 4. The van der Waals surface area contributed by atoms with Crippen LogP contribution >= 0.6 is 11.5 Å². The van der Waals surface area contributed by atoms with Gasteiger partial charge in [-0.3, -0.25) is 0 Å². The third-order valence-electron chi connectivity index (χ3n) is 1.79. The van der Waals surface area contributed by atoms with Crippen LogP contribution in [0.2, 0.25) is 0 Å². The van der Waals surface area contributed by atoms with Gasteiger partial charge in [-0.2, -0.15) is 0 Å². The Balaban J connectivity index is 2.49. The number of nitrogens with zero attached hydrogens (tertiary/aromatic N) is 2. The van der Waals surface area contributed by atoms with Crippen molar-refractivity contribution < 1.29 is 0 Å². The van der Waals surface area contributed by atoms with E-state index in [4.69, 9.17) is 0 Å². The molecule has 0 amide bonds. The van der Waals surface area contributed by atoms with Crippen LogP contribution in [-0.2, 0) is 13.0 Å². The number of hydrogen-bond donors (Lipinski definition) is 1. The lowest BCUT2D eigenvalue weighted by Gasteiger charge is -2.06. The molecule has 4 heteroatoms. The molecule has 1 rings (SSSR count). The summed E-state index contributed by atoms with van der Waals surface area (Å²) in [5, 5.41) is 7.49. The Labute approximate surface area is 83.7 Å². The zero-order valence-electron chi connectivity index (χ0n) is 8.50. The number of nitrogens with one attached hydrogen (secondary N) is 1. The number of aromatic nitrogens is 2. The lowest BCUT2D eigenvalue weighted by atomic mass is 10.2. The molecular weight excluding hydrogens is 182 g/mol. The minimum atomic E-state index is 0.525. The highest BCUT2D eigenvalue weighted by atomic mass is 32.1. The molecule has 0 fully saturated rings. The lowest BCUT2D eigenvalue weighted by molar-refractivity contribution is 0.589. The summed E-state index contributed by atoms with van der Waals surface area (Å²) < 4.78 is 3.97. The van der Waals surface area contributed by atoms with Gasteiger partial charge in [-0.25, -0.2) is 0 Å². The third kappa shape index (κ3) is 3.40. The van der Waals surface area contributed by atoms with E-state index < -0.39 is 0 Å². The molecule has 1 N–H and O–H groups in total. The zero-order chi connectivity index (χ0) is 9.68. The average molecular weight is 199 g/mol. The van der Waals surface area contributed by atoms with Crippen LogP contribution in [0.4, 0.5) is 0 Å². The van der Waals surface area contributed by atoms with E-state index in [1.165, 1.54) is 22.1 Å². The number of aryl methyl sites for hydroxylation is 1. The predicted molar refractivity (Wildman–Crippen MR) is 55.9 cm³/mol. The molecular formula is C9H17N3S. The van der Waals surface area contributed by atoms with Crippen molar-refractivity contribution in [3.8, 4) is 0 Å². The van der Waals surface area contributed by atoms with Gasteiger partial charge in [-0.05, 0) is 18.0 Å². The fourth-order valence-electron chi connectivity index (χ4n) is 1.08. The standard InChI is InChI=1S/C9H17N3S/c1-4-5-8-9(13-12-11-8)6-10-7(2)3/h7,10H,4-6H2,1-3H3. The fourth-order valence-corrected chi connectivity index (χ4v) is 1.72. The van der Waals surface area contributed by atoms with Crippen molar-refractivity contribution in [2.45, 2.75) is 46.2 Å². The van der Waals surface area contributed by atoms with Crippen LogP contribution in [0.25, 0.3) is 0 Å². The van der Waals surface area contributed by atoms with Gasteiger partial charge in [0, 0.05) is 12.6 Å². The van der Waals surface area contributed by atoms with Gasteiger partial charge < -0.3 is 5.32 Å². The second-order valence-corrected chi connectivity index (χ2v) is 4.27. The first-order valence-corrected chi connectivity index (χ1v) is 5.54. The summed E-state index contributed by atoms with van der Waals surface area (Å²) in [7, 11) is 0. The van der Waals surface area contributed by atoms with Gasteiger partial charge in [0.1, 0.15) is 0 Å². The van der Waals surface area contributed by atoms with Gasteiger partial charge in [0.2, 0.25) is 0 Å². The van der Waals surface area contributed by atoms with Gasteiger partial charge in [-0.1, -0.05) is 31.7 Å². The van der Waals surface area contributed by atoms with E-state index >= 15 is 0 Å². The lowest BCUT2D eigenvalue weighted by Crippen LogP contribution is -2.21. The highest BCUT2D eigenvalue weighted by Crippen LogP contribution is 2.12. The molecule has 0 aliphatic carbocycles. The van der Waals surface area contributed by atoms with Crippen molar-refractivity contribution in [2.75, 3.05) is 0 Å². The van der Waals surface area contributed by atoms with Gasteiger partial charge in [0.25, 0.3) is 0 Å². The Morgan fingerprint density at radius 1 is 1.46 bits per heavy atom. The Morgan fingerprint density at radius 2 is 2.23 bits per heavy atom. The molecule has 0 unspecified atom stereocenters. The molecule has 0 saturated carbocycles. The molecule has 74 valence electrons. The molecule has 0 spiro atoms. The van der Waals surface area contributed by atoms with Gasteiger partial charge in [-0.15, -0.1) is 5.10 Å². The molecule has 1 aromatic heterocycles. The molecule has 0 aromatic carbocycles. The molecule has 1 heterocycles. The molecule has 0 radical (unpaired) electrons. The maximum atomic E-state index is 4.11. The van der Waals surface area contributed by atoms with Crippen molar-refractivity contribution in [1.82, 2.24) is 14.9 Å². The van der Waals surface area contributed by atoms with Crippen LogP contribution in [0.3, 0.4) is 0 Å². The average Bonchev–Trinajstić information content (AvgIpc) is 2.49. The summed E-state index contributed by atoms with van der Waals surface area (Å²) in [5.74, 6) is 0. The number of rotatable bonds is 5. The van der Waals surface area contributed by atoms with Gasteiger partial charge in [0.05, 0.1) is 10.6 Å². The van der Waals surface area contributed by atoms with E-state index in [2.05, 4.69) is 35.7 Å². The summed E-state index contributed by atoms with van der Waals surface area (Å²) in [5.41, 5.74) is 1.17. The van der Waals surface area contributed by atoms with E-state index in [0.29, 0.717) is 6.04 Å². The summed E-state index contributed by atoms with van der Waals surface area (Å²) in [4.78, 5) is 1.29. The van der Waals surface area contributed by atoms with E-state index in [-0.39, 0.29) is 0 Å². The molecule has 0 bridgehead atoms. The van der Waals surface area contributed by atoms with Crippen molar-refractivity contribution in [3.05, 3.63) is 10.6 Å². The third-order valence-corrected chi connectivity index (χ3v) is 2.56. The Morgan fingerprint density at radius 3 is 2.85 bits per heavy atom. The summed E-state index contributed by atoms with van der Waals surface area (Å²) in [6.45, 7) is 7.37. The topological polar surface area (TPSA) is 37.8 Å². The highest BCUT2D eigenvalue weighted by Gasteiger charge is 2.06. The second-order valence-electron chi connectivity index (χ2n) is 3.43. The van der Waals surface area contributed by atoms with Crippen molar-refractivity contribution in [2.24, 2.45) is 0 Å². The second kappa shape index (κ2) is 5.29. The van der Waals surface area contributed by atoms with Crippen LogP contribution in [0.5, 0.6) is 0 Å². The van der Waals surface area contributed by atoms with Crippen LogP contribution < -0.4 is 5.32 Å². The SMILES string of the molecule is CCCc1nnsc1CNC(C)C. The molecule has 13 heavy (non-hydrogen) atoms. The van der Waals surface area contributed by atoms with Crippen LogP contribution in [0.1, 0.15) is 37.8 Å². The molecule has 0 saturated heterocycles. The normalized spacial score (nSPS) is 11.1. The molecule has 0 atom stereocenters. The van der Waals surface area contributed by atoms with E-state index in [1.54, 1.807) is 0 Å². The van der Waals surface area contributed by atoms with E-state index in [9.17, 15) is 0 Å². The highest BCUT2D eigenvalue weighted by molar-refractivity contribution is 7.05. The van der Waals surface area contributed by atoms with Crippen molar-refractivity contribution >= 4 is 11.5 Å². The van der Waals surface area contributed by atoms with Gasteiger partial charge >= 0.3 is 0 Å². The molecule has 1 aromatic rings. The first kappa shape index (κ1) is 10.6. The maximum absolute atomic E-state index is 4.11. The van der Waals surface area contributed by atoms with Crippen LogP contribution in [0.15, 0.2) is 0 Å². The van der Waals surface area contributed by atoms with E-state index in [0.717, 1.165) is 19.4 Å². The first-order chi connectivity index (χ1) is 6.24. The Kier molecular flexibility index (Phi) is 4.32. The minimum absolute atomic E-state index is 0.525. The first-order valence-electron chi connectivity index (χ1n) is 4.77.